The first-order valence-corrected chi connectivity index (χ1v) is 7.76. The number of carbonyl (C=O) groups excluding carboxylic acids is 1. The topological polar surface area (TPSA) is 38.3 Å². The van der Waals surface area contributed by atoms with Crippen LogP contribution in [-0.2, 0) is 4.74 Å². The monoisotopic (exact) mass is 279 g/mol. The fraction of sp³-hybridized carbons (Fsp3) is 0.706. The summed E-state index contributed by atoms with van der Waals surface area (Å²) in [7, 11) is 0. The standard InChI is InChI=1S/C17H29NO2/c1-3-5-7-9-10-11-13-15-18-17(19)20-16-14-12-8-6-4-2/h2-3H,1,5-16H2,(H,18,19). The molecule has 0 atom stereocenters. The summed E-state index contributed by atoms with van der Waals surface area (Å²) in [6, 6.07) is 0. The quantitative estimate of drug-likeness (QED) is 0.307. The van der Waals surface area contributed by atoms with Crippen molar-refractivity contribution in [3.05, 3.63) is 12.7 Å². The first-order valence-electron chi connectivity index (χ1n) is 7.76. The van der Waals surface area contributed by atoms with Gasteiger partial charge in [0.25, 0.3) is 0 Å². The van der Waals surface area contributed by atoms with Gasteiger partial charge in [0, 0.05) is 13.0 Å². The van der Waals surface area contributed by atoms with E-state index in [0.29, 0.717) is 13.2 Å². The Bertz CT molecular complexity index is 281. The van der Waals surface area contributed by atoms with E-state index in [0.717, 1.165) is 44.9 Å². The van der Waals surface area contributed by atoms with Gasteiger partial charge in [-0.3, -0.25) is 0 Å². The van der Waals surface area contributed by atoms with Crippen molar-refractivity contribution in [3.63, 3.8) is 0 Å². The molecule has 0 aromatic rings. The van der Waals surface area contributed by atoms with Gasteiger partial charge in [-0.1, -0.05) is 25.3 Å². The van der Waals surface area contributed by atoms with Crippen LogP contribution >= 0.6 is 0 Å². The van der Waals surface area contributed by atoms with Gasteiger partial charge >= 0.3 is 6.09 Å². The van der Waals surface area contributed by atoms with E-state index in [9.17, 15) is 4.79 Å². The van der Waals surface area contributed by atoms with Crippen LogP contribution in [0.3, 0.4) is 0 Å². The van der Waals surface area contributed by atoms with E-state index in [4.69, 9.17) is 11.2 Å². The number of hydrogen-bond donors (Lipinski definition) is 1. The van der Waals surface area contributed by atoms with E-state index in [-0.39, 0.29) is 6.09 Å². The highest BCUT2D eigenvalue weighted by atomic mass is 16.5. The zero-order valence-electron chi connectivity index (χ0n) is 12.7. The maximum Gasteiger partial charge on any atom is 0.407 e. The zero-order valence-corrected chi connectivity index (χ0v) is 12.7. The third kappa shape index (κ3) is 14.6. The lowest BCUT2D eigenvalue weighted by molar-refractivity contribution is 0.144. The maximum absolute atomic E-state index is 11.3. The maximum atomic E-state index is 11.3. The molecule has 20 heavy (non-hydrogen) atoms. The summed E-state index contributed by atoms with van der Waals surface area (Å²) in [4.78, 5) is 11.3. The Morgan fingerprint density at radius 2 is 1.80 bits per heavy atom. The lowest BCUT2D eigenvalue weighted by Gasteiger charge is -2.06. The van der Waals surface area contributed by atoms with Crippen LogP contribution in [0.15, 0.2) is 12.7 Å². The highest BCUT2D eigenvalue weighted by molar-refractivity contribution is 5.66. The van der Waals surface area contributed by atoms with Crippen LogP contribution in [0.2, 0.25) is 0 Å². The Morgan fingerprint density at radius 3 is 2.55 bits per heavy atom. The number of rotatable bonds is 13. The van der Waals surface area contributed by atoms with E-state index in [1.807, 2.05) is 6.08 Å². The number of hydrogen-bond acceptors (Lipinski definition) is 2. The van der Waals surface area contributed by atoms with E-state index < -0.39 is 0 Å². The van der Waals surface area contributed by atoms with Gasteiger partial charge in [0.1, 0.15) is 0 Å². The van der Waals surface area contributed by atoms with E-state index in [1.165, 1.54) is 19.3 Å². The summed E-state index contributed by atoms with van der Waals surface area (Å²) in [5.41, 5.74) is 0. The van der Waals surface area contributed by atoms with Crippen LogP contribution in [0.1, 0.15) is 64.2 Å². The van der Waals surface area contributed by atoms with Crippen molar-refractivity contribution in [1.29, 1.82) is 0 Å². The highest BCUT2D eigenvalue weighted by Crippen LogP contribution is 2.05. The van der Waals surface area contributed by atoms with Gasteiger partial charge in [-0.25, -0.2) is 4.79 Å². The number of ether oxygens (including phenoxy) is 1. The van der Waals surface area contributed by atoms with Crippen molar-refractivity contribution in [2.24, 2.45) is 0 Å². The molecule has 0 saturated carbocycles. The first-order chi connectivity index (χ1) is 9.81. The summed E-state index contributed by atoms with van der Waals surface area (Å²) < 4.78 is 5.07. The second-order valence-electron chi connectivity index (χ2n) is 4.92. The Hall–Kier alpha value is -1.43. The molecule has 0 rings (SSSR count). The second-order valence-corrected chi connectivity index (χ2v) is 4.92. The Morgan fingerprint density at radius 1 is 1.10 bits per heavy atom. The number of nitrogens with one attached hydrogen (secondary N) is 1. The van der Waals surface area contributed by atoms with Gasteiger partial charge < -0.3 is 10.1 Å². The lowest BCUT2D eigenvalue weighted by atomic mass is 10.1. The highest BCUT2D eigenvalue weighted by Gasteiger charge is 2.00. The summed E-state index contributed by atoms with van der Waals surface area (Å²) in [5.74, 6) is 2.60. The van der Waals surface area contributed by atoms with Gasteiger partial charge in [0.2, 0.25) is 0 Å². The molecule has 0 aliphatic carbocycles. The predicted molar refractivity (Wildman–Crippen MR) is 84.6 cm³/mol. The van der Waals surface area contributed by atoms with Crippen LogP contribution in [0.4, 0.5) is 4.79 Å². The summed E-state index contributed by atoms with van der Waals surface area (Å²) in [6.07, 6.45) is 17.5. The number of alkyl carbamates (subject to hydrolysis) is 1. The van der Waals surface area contributed by atoms with E-state index >= 15 is 0 Å². The number of terminal acetylenes is 1. The molecule has 0 aliphatic rings. The molecule has 0 spiro atoms. The molecular formula is C17H29NO2. The molecule has 0 saturated heterocycles. The smallest absolute Gasteiger partial charge is 0.407 e. The molecule has 1 N–H and O–H groups in total. The minimum Gasteiger partial charge on any atom is -0.450 e. The van der Waals surface area contributed by atoms with Crippen molar-refractivity contribution < 1.29 is 9.53 Å². The molecule has 0 unspecified atom stereocenters. The van der Waals surface area contributed by atoms with Gasteiger partial charge in [-0.05, 0) is 38.5 Å². The third-order valence-corrected chi connectivity index (χ3v) is 3.05. The van der Waals surface area contributed by atoms with Gasteiger partial charge in [0.15, 0.2) is 0 Å². The Kier molecular flexibility index (Phi) is 14.5. The van der Waals surface area contributed by atoms with Gasteiger partial charge in [-0.2, -0.15) is 0 Å². The molecule has 0 aliphatic heterocycles. The molecule has 3 heteroatoms. The molecular weight excluding hydrogens is 250 g/mol. The first kappa shape index (κ1) is 18.6. The van der Waals surface area contributed by atoms with Crippen molar-refractivity contribution in [2.75, 3.05) is 13.2 Å². The average Bonchev–Trinajstić information content (AvgIpc) is 2.45. The number of allylic oxidation sites excluding steroid dienone is 1. The fourth-order valence-electron chi connectivity index (χ4n) is 1.86. The molecule has 0 heterocycles. The van der Waals surface area contributed by atoms with Crippen LogP contribution in [0.5, 0.6) is 0 Å². The van der Waals surface area contributed by atoms with Crippen LogP contribution < -0.4 is 5.32 Å². The van der Waals surface area contributed by atoms with Gasteiger partial charge in [0.05, 0.1) is 6.61 Å². The van der Waals surface area contributed by atoms with Crippen molar-refractivity contribution >= 4 is 6.09 Å². The SMILES string of the molecule is C#CCCCCCOC(=O)NCCCCCCCC=C. The Balaban J connectivity index is 3.16. The fourth-order valence-corrected chi connectivity index (χ4v) is 1.86. The summed E-state index contributed by atoms with van der Waals surface area (Å²) in [6.45, 7) is 4.89. The van der Waals surface area contributed by atoms with E-state index in [1.54, 1.807) is 0 Å². The number of amides is 1. The molecule has 0 aromatic heterocycles. The molecule has 3 nitrogen and oxygen atoms in total. The van der Waals surface area contributed by atoms with Crippen molar-refractivity contribution in [2.45, 2.75) is 64.2 Å². The molecule has 1 amide bonds. The second kappa shape index (κ2) is 15.6. The number of unbranched alkanes of at least 4 members (excludes halogenated alkanes) is 8. The average molecular weight is 279 g/mol. The molecule has 0 bridgehead atoms. The van der Waals surface area contributed by atoms with Crippen LogP contribution in [-0.4, -0.2) is 19.2 Å². The van der Waals surface area contributed by atoms with E-state index in [2.05, 4.69) is 17.8 Å². The minimum atomic E-state index is -0.298. The molecule has 0 aromatic carbocycles. The minimum absolute atomic E-state index is 0.298. The number of carbonyl (C=O) groups is 1. The largest absolute Gasteiger partial charge is 0.450 e. The van der Waals surface area contributed by atoms with Crippen molar-refractivity contribution in [3.8, 4) is 12.3 Å². The van der Waals surface area contributed by atoms with Crippen LogP contribution in [0.25, 0.3) is 0 Å². The van der Waals surface area contributed by atoms with Crippen LogP contribution in [0, 0.1) is 12.3 Å². The Labute approximate surface area is 124 Å². The third-order valence-electron chi connectivity index (χ3n) is 3.05. The predicted octanol–water partition coefficient (Wildman–Crippen LogP) is 4.43. The zero-order chi connectivity index (χ0) is 14.9. The summed E-state index contributed by atoms with van der Waals surface area (Å²) in [5, 5.41) is 2.78. The molecule has 0 radical (unpaired) electrons. The normalized spacial score (nSPS) is 9.75. The lowest BCUT2D eigenvalue weighted by Crippen LogP contribution is -2.25. The van der Waals surface area contributed by atoms with Gasteiger partial charge in [-0.15, -0.1) is 18.9 Å². The van der Waals surface area contributed by atoms with Crippen molar-refractivity contribution in [1.82, 2.24) is 5.32 Å². The molecule has 0 fully saturated rings. The summed E-state index contributed by atoms with van der Waals surface area (Å²) >= 11 is 0. The molecule has 114 valence electrons.